The van der Waals surface area contributed by atoms with E-state index in [-0.39, 0.29) is 4.90 Å². The van der Waals surface area contributed by atoms with Crippen LogP contribution in [0, 0.1) is 6.92 Å². The first-order valence-corrected chi connectivity index (χ1v) is 5.75. The van der Waals surface area contributed by atoms with E-state index in [1.807, 2.05) is 6.92 Å². The maximum atomic E-state index is 11.1. The van der Waals surface area contributed by atoms with Crippen molar-refractivity contribution < 1.29 is 13.0 Å². The molecule has 1 N–H and O–H groups in total. The topological polar surface area (TPSA) is 67.3 Å². The Bertz CT molecular complexity index is 620. The Hall–Kier alpha value is -1.46. The van der Waals surface area contributed by atoms with Crippen molar-refractivity contribution in [2.45, 2.75) is 11.8 Å². The number of aryl methyl sites for hydroxylation is 1. The molecule has 0 aliphatic rings. The normalized spacial score (nSPS) is 11.9. The van der Waals surface area contributed by atoms with Crippen molar-refractivity contribution in [1.29, 1.82) is 0 Å². The van der Waals surface area contributed by atoms with Crippen LogP contribution in [-0.2, 0) is 10.1 Å². The molecule has 0 atom stereocenters. The lowest BCUT2D eigenvalue weighted by Crippen LogP contribution is -1.99. The quantitative estimate of drug-likeness (QED) is 0.748. The van der Waals surface area contributed by atoms with E-state index in [1.165, 1.54) is 12.3 Å². The minimum atomic E-state index is -4.19. The van der Waals surface area contributed by atoms with Gasteiger partial charge in [0.15, 0.2) is 0 Å². The van der Waals surface area contributed by atoms with Gasteiger partial charge < -0.3 is 0 Å². The van der Waals surface area contributed by atoms with Gasteiger partial charge in [-0.15, -0.1) is 0 Å². The predicted molar refractivity (Wildman–Crippen MR) is 56.3 cm³/mol. The molecule has 2 rings (SSSR count). The van der Waals surface area contributed by atoms with Crippen LogP contribution in [0.4, 0.5) is 0 Å². The molecular formula is C10H9NO3S. The van der Waals surface area contributed by atoms with Crippen molar-refractivity contribution >= 4 is 20.9 Å². The van der Waals surface area contributed by atoms with E-state index in [0.29, 0.717) is 5.39 Å². The second-order valence-electron chi connectivity index (χ2n) is 3.28. The van der Waals surface area contributed by atoms with Gasteiger partial charge in [-0.05, 0) is 23.9 Å². The molecule has 1 aromatic carbocycles. The van der Waals surface area contributed by atoms with Crippen LogP contribution in [0.25, 0.3) is 10.8 Å². The summed E-state index contributed by atoms with van der Waals surface area (Å²) in [7, 11) is -4.19. The third-order valence-corrected chi connectivity index (χ3v) is 3.15. The molecule has 0 spiro atoms. The average molecular weight is 223 g/mol. The van der Waals surface area contributed by atoms with Gasteiger partial charge >= 0.3 is 0 Å². The third kappa shape index (κ3) is 1.71. The van der Waals surface area contributed by atoms with Crippen LogP contribution in [-0.4, -0.2) is 18.0 Å². The first kappa shape index (κ1) is 10.1. The minimum Gasteiger partial charge on any atom is -0.282 e. The van der Waals surface area contributed by atoms with E-state index in [4.69, 9.17) is 4.55 Å². The molecule has 5 heteroatoms. The molecule has 1 heterocycles. The van der Waals surface area contributed by atoms with Crippen LogP contribution >= 0.6 is 0 Å². The molecule has 0 aliphatic carbocycles. The summed E-state index contributed by atoms with van der Waals surface area (Å²) in [5.74, 6) is 0. The van der Waals surface area contributed by atoms with Gasteiger partial charge in [0.25, 0.3) is 10.1 Å². The third-order valence-electron chi connectivity index (χ3n) is 2.24. The number of benzene rings is 1. The Kier molecular flexibility index (Phi) is 2.21. The minimum absolute atomic E-state index is 0.101. The summed E-state index contributed by atoms with van der Waals surface area (Å²) >= 11 is 0. The Labute approximate surface area is 87.3 Å². The SMILES string of the molecule is Cc1cncc2c(S(=O)(=O)O)cccc12. The van der Waals surface area contributed by atoms with Gasteiger partial charge in [0.05, 0.1) is 0 Å². The van der Waals surface area contributed by atoms with Crippen LogP contribution in [0.1, 0.15) is 5.56 Å². The van der Waals surface area contributed by atoms with E-state index in [1.54, 1.807) is 18.3 Å². The summed E-state index contributed by atoms with van der Waals surface area (Å²) in [6.07, 6.45) is 3.08. The van der Waals surface area contributed by atoms with Gasteiger partial charge in [0, 0.05) is 17.8 Å². The van der Waals surface area contributed by atoms with Gasteiger partial charge in [-0.1, -0.05) is 12.1 Å². The van der Waals surface area contributed by atoms with E-state index < -0.39 is 10.1 Å². The fraction of sp³-hybridized carbons (Fsp3) is 0.100. The molecule has 1 aromatic heterocycles. The zero-order valence-corrected chi connectivity index (χ0v) is 8.82. The maximum Gasteiger partial charge on any atom is 0.295 e. The van der Waals surface area contributed by atoms with E-state index >= 15 is 0 Å². The van der Waals surface area contributed by atoms with Crippen LogP contribution in [0.15, 0.2) is 35.5 Å². The maximum absolute atomic E-state index is 11.1. The number of hydrogen-bond donors (Lipinski definition) is 1. The molecule has 78 valence electrons. The molecule has 2 aromatic rings. The van der Waals surface area contributed by atoms with Crippen LogP contribution in [0.2, 0.25) is 0 Å². The summed E-state index contributed by atoms with van der Waals surface area (Å²) in [4.78, 5) is 3.81. The van der Waals surface area contributed by atoms with Crippen molar-refractivity contribution in [2.24, 2.45) is 0 Å². The molecule has 15 heavy (non-hydrogen) atoms. The van der Waals surface area contributed by atoms with Crippen molar-refractivity contribution in [1.82, 2.24) is 4.98 Å². The van der Waals surface area contributed by atoms with Crippen LogP contribution < -0.4 is 0 Å². The first-order chi connectivity index (χ1) is 7.00. The summed E-state index contributed by atoms with van der Waals surface area (Å²) in [6.45, 7) is 1.84. The first-order valence-electron chi connectivity index (χ1n) is 4.31. The van der Waals surface area contributed by atoms with E-state index in [0.717, 1.165) is 10.9 Å². The Morgan fingerprint density at radius 1 is 1.20 bits per heavy atom. The van der Waals surface area contributed by atoms with Crippen molar-refractivity contribution in [2.75, 3.05) is 0 Å². The van der Waals surface area contributed by atoms with Crippen molar-refractivity contribution in [3.63, 3.8) is 0 Å². The molecule has 0 aliphatic heterocycles. The van der Waals surface area contributed by atoms with Crippen LogP contribution in [0.3, 0.4) is 0 Å². The smallest absolute Gasteiger partial charge is 0.282 e. The molecular weight excluding hydrogens is 214 g/mol. The summed E-state index contributed by atoms with van der Waals surface area (Å²) in [5, 5.41) is 1.22. The monoisotopic (exact) mass is 223 g/mol. The summed E-state index contributed by atoms with van der Waals surface area (Å²) in [5.41, 5.74) is 0.873. The lowest BCUT2D eigenvalue weighted by atomic mass is 10.1. The fourth-order valence-electron chi connectivity index (χ4n) is 1.54. The molecule has 0 fully saturated rings. The van der Waals surface area contributed by atoms with Gasteiger partial charge in [-0.2, -0.15) is 8.42 Å². The zero-order valence-electron chi connectivity index (χ0n) is 8.01. The molecule has 0 saturated carbocycles. The van der Waals surface area contributed by atoms with Gasteiger partial charge in [-0.25, -0.2) is 0 Å². The highest BCUT2D eigenvalue weighted by molar-refractivity contribution is 7.86. The number of fused-ring (bicyclic) bond motifs is 1. The van der Waals surface area contributed by atoms with Crippen molar-refractivity contribution in [3.8, 4) is 0 Å². The summed E-state index contributed by atoms with van der Waals surface area (Å²) < 4.78 is 31.2. The highest BCUT2D eigenvalue weighted by atomic mass is 32.2. The van der Waals surface area contributed by atoms with E-state index in [9.17, 15) is 8.42 Å². The Balaban J connectivity index is 2.96. The predicted octanol–water partition coefficient (Wildman–Crippen LogP) is 1.79. The molecule has 4 nitrogen and oxygen atoms in total. The van der Waals surface area contributed by atoms with Gasteiger partial charge in [0.2, 0.25) is 0 Å². The molecule has 0 amide bonds. The Morgan fingerprint density at radius 2 is 1.93 bits per heavy atom. The Morgan fingerprint density at radius 3 is 2.60 bits per heavy atom. The highest BCUT2D eigenvalue weighted by Crippen LogP contribution is 2.23. The zero-order chi connectivity index (χ0) is 11.1. The van der Waals surface area contributed by atoms with E-state index in [2.05, 4.69) is 4.98 Å². The summed E-state index contributed by atoms with van der Waals surface area (Å²) in [6, 6.07) is 4.75. The lowest BCUT2D eigenvalue weighted by Gasteiger charge is -2.04. The second-order valence-corrected chi connectivity index (χ2v) is 4.67. The molecule has 0 saturated heterocycles. The highest BCUT2D eigenvalue weighted by Gasteiger charge is 2.13. The number of aromatic nitrogens is 1. The number of pyridine rings is 1. The number of nitrogens with zero attached hydrogens (tertiary/aromatic N) is 1. The molecule has 0 unspecified atom stereocenters. The lowest BCUT2D eigenvalue weighted by molar-refractivity contribution is 0.484. The number of hydrogen-bond acceptors (Lipinski definition) is 3. The standard InChI is InChI=1S/C10H9NO3S/c1-7-5-11-6-9-8(7)3-2-4-10(9)15(12,13)14/h2-6H,1H3,(H,12,13,14). The largest absolute Gasteiger partial charge is 0.295 e. The van der Waals surface area contributed by atoms with Crippen LogP contribution in [0.5, 0.6) is 0 Å². The van der Waals surface area contributed by atoms with Gasteiger partial charge in [-0.3, -0.25) is 9.54 Å². The van der Waals surface area contributed by atoms with Gasteiger partial charge in [0.1, 0.15) is 4.90 Å². The molecule has 0 bridgehead atoms. The number of rotatable bonds is 1. The van der Waals surface area contributed by atoms with Crippen molar-refractivity contribution in [3.05, 3.63) is 36.2 Å². The molecule has 0 radical (unpaired) electrons. The fourth-order valence-corrected chi connectivity index (χ4v) is 2.23. The average Bonchev–Trinajstić information content (AvgIpc) is 2.16. The second kappa shape index (κ2) is 3.29.